The fraction of sp³-hybridized carbons (Fsp3) is 0.105. The van der Waals surface area contributed by atoms with E-state index in [1.54, 1.807) is 0 Å². The third kappa shape index (κ3) is 4.84. The van der Waals surface area contributed by atoms with Crippen LogP contribution < -0.4 is 9.37 Å². The van der Waals surface area contributed by atoms with E-state index in [0.29, 0.717) is 10.6 Å². The molecule has 0 aromatic heterocycles. The lowest BCUT2D eigenvalue weighted by Crippen LogP contribution is -2.40. The summed E-state index contributed by atoms with van der Waals surface area (Å²) in [4.78, 5) is 0. The number of benzene rings is 7. The van der Waals surface area contributed by atoms with Crippen molar-refractivity contribution in [3.05, 3.63) is 121 Å². The first kappa shape index (κ1) is 30.0. The molecule has 0 amide bonds. The number of fused-ring (bicyclic) bond motifs is 7. The van der Waals surface area contributed by atoms with E-state index in [1.165, 1.54) is 6.07 Å². The van der Waals surface area contributed by atoms with E-state index in [4.69, 9.17) is 4.18 Å². The van der Waals surface area contributed by atoms with Crippen molar-refractivity contribution in [2.45, 2.75) is 25.1 Å². The Morgan fingerprint density at radius 3 is 1.35 bits per heavy atom. The van der Waals surface area contributed by atoms with Crippen LogP contribution in [0.4, 0.5) is 13.2 Å². The molecule has 0 N–H and O–H groups in total. The molecule has 0 aliphatic rings. The molecular formula is C38H29F3O3SSi. The summed E-state index contributed by atoms with van der Waals surface area (Å²) in [5, 5.41) is 7.99. The van der Waals surface area contributed by atoms with Gasteiger partial charge in [0.1, 0.15) is 5.75 Å². The number of hydrogen-bond acceptors (Lipinski definition) is 3. The molecule has 0 radical (unpaired) electrons. The molecule has 0 heterocycles. The molecule has 0 fully saturated rings. The molecule has 7 aromatic rings. The minimum atomic E-state index is -5.93. The SMILES string of the molecule is C[Si](C)(C)c1cc2c(-c3ccccc3)c3c4ccccc4c4ccccc4c3c(-c3ccccc3)c2cc1OS(=O)(=O)C(F)(F)F. The molecule has 0 saturated heterocycles. The third-order valence-corrected chi connectivity index (χ3v) is 11.5. The first-order valence-corrected chi connectivity index (χ1v) is 19.8. The van der Waals surface area contributed by atoms with Crippen LogP contribution in [0.5, 0.6) is 5.75 Å². The smallest absolute Gasteiger partial charge is 0.376 e. The van der Waals surface area contributed by atoms with Crippen molar-refractivity contribution in [3.8, 4) is 28.0 Å². The summed E-state index contributed by atoms with van der Waals surface area (Å²) in [6, 6.07) is 39.4. The third-order valence-electron chi connectivity index (χ3n) is 8.51. The monoisotopic (exact) mass is 650 g/mol. The van der Waals surface area contributed by atoms with Crippen molar-refractivity contribution in [2.75, 3.05) is 0 Å². The summed E-state index contributed by atoms with van der Waals surface area (Å²) >= 11 is 0. The highest BCUT2D eigenvalue weighted by Crippen LogP contribution is 2.50. The molecular weight excluding hydrogens is 622 g/mol. The lowest BCUT2D eigenvalue weighted by molar-refractivity contribution is -0.0499. The van der Waals surface area contributed by atoms with Crippen molar-refractivity contribution in [2.24, 2.45) is 0 Å². The van der Waals surface area contributed by atoms with Gasteiger partial charge in [-0.2, -0.15) is 21.6 Å². The molecule has 3 nitrogen and oxygen atoms in total. The van der Waals surface area contributed by atoms with Crippen LogP contribution >= 0.6 is 0 Å². The zero-order valence-electron chi connectivity index (χ0n) is 25.3. The Kier molecular flexibility index (Phi) is 6.99. The molecule has 0 unspecified atom stereocenters. The van der Waals surface area contributed by atoms with E-state index in [0.717, 1.165) is 60.0 Å². The maximum atomic E-state index is 13.7. The average Bonchev–Trinajstić information content (AvgIpc) is 3.03. The van der Waals surface area contributed by atoms with Crippen LogP contribution in [0.3, 0.4) is 0 Å². The Morgan fingerprint density at radius 1 is 0.543 bits per heavy atom. The van der Waals surface area contributed by atoms with E-state index in [-0.39, 0.29) is 5.75 Å². The molecule has 46 heavy (non-hydrogen) atoms. The van der Waals surface area contributed by atoms with Gasteiger partial charge in [0, 0.05) is 0 Å². The van der Waals surface area contributed by atoms with Crippen LogP contribution in [0.15, 0.2) is 121 Å². The van der Waals surface area contributed by atoms with Gasteiger partial charge >= 0.3 is 15.6 Å². The summed E-state index contributed by atoms with van der Waals surface area (Å²) < 4.78 is 71.1. The van der Waals surface area contributed by atoms with Gasteiger partial charge < -0.3 is 4.18 Å². The summed E-state index contributed by atoms with van der Waals surface area (Å²) in [6.45, 7) is 5.89. The van der Waals surface area contributed by atoms with Crippen LogP contribution in [0.1, 0.15) is 0 Å². The fourth-order valence-corrected chi connectivity index (χ4v) is 8.54. The molecule has 0 saturated carbocycles. The van der Waals surface area contributed by atoms with Crippen molar-refractivity contribution in [3.63, 3.8) is 0 Å². The standard InChI is InChI=1S/C38H29F3O3SSi/c1-46(2,3)33-23-31-30(22-32(33)44-45(42,43)38(39,40)41)34(24-14-6-4-7-15-24)36-28-20-12-10-18-26(28)27-19-11-13-21-29(27)37(36)35(31)25-16-8-5-9-17-25/h4-23H,1-3H3. The number of hydrogen-bond donors (Lipinski definition) is 0. The van der Waals surface area contributed by atoms with Crippen LogP contribution in [-0.2, 0) is 10.1 Å². The van der Waals surface area contributed by atoms with Gasteiger partial charge in [-0.15, -0.1) is 0 Å². The topological polar surface area (TPSA) is 43.4 Å². The van der Waals surface area contributed by atoms with Gasteiger partial charge in [-0.25, -0.2) is 0 Å². The molecule has 230 valence electrons. The lowest BCUT2D eigenvalue weighted by atomic mass is 9.81. The van der Waals surface area contributed by atoms with Gasteiger partial charge in [0.05, 0.1) is 8.07 Å². The lowest BCUT2D eigenvalue weighted by Gasteiger charge is -2.26. The van der Waals surface area contributed by atoms with E-state index in [1.807, 2.05) is 111 Å². The molecule has 0 bridgehead atoms. The van der Waals surface area contributed by atoms with Gasteiger partial charge in [-0.1, -0.05) is 135 Å². The van der Waals surface area contributed by atoms with E-state index < -0.39 is 23.7 Å². The molecule has 7 rings (SSSR count). The summed E-state index contributed by atoms with van der Waals surface area (Å²) in [6.07, 6.45) is 0. The highest BCUT2D eigenvalue weighted by molar-refractivity contribution is 7.88. The van der Waals surface area contributed by atoms with Crippen LogP contribution in [0.25, 0.3) is 65.3 Å². The quantitative estimate of drug-likeness (QED) is 0.0612. The second-order valence-electron chi connectivity index (χ2n) is 12.5. The summed E-state index contributed by atoms with van der Waals surface area (Å²) in [5.41, 5.74) is -2.06. The molecule has 7 aromatic carbocycles. The van der Waals surface area contributed by atoms with Crippen LogP contribution in [-0.4, -0.2) is 22.0 Å². The molecule has 0 spiro atoms. The molecule has 0 atom stereocenters. The Balaban J connectivity index is 1.82. The Hall–Kier alpha value is -4.66. The maximum absolute atomic E-state index is 13.7. The second-order valence-corrected chi connectivity index (χ2v) is 19.0. The largest absolute Gasteiger partial charge is 0.534 e. The molecule has 8 heteroatoms. The first-order valence-electron chi connectivity index (χ1n) is 14.9. The van der Waals surface area contributed by atoms with Gasteiger partial charge in [0.2, 0.25) is 0 Å². The number of halogens is 3. The average molecular weight is 651 g/mol. The minimum absolute atomic E-state index is 0.287. The van der Waals surface area contributed by atoms with Gasteiger partial charge in [-0.05, 0) is 76.6 Å². The summed E-state index contributed by atoms with van der Waals surface area (Å²) in [5.74, 6) is -0.287. The number of alkyl halides is 3. The normalized spacial score (nSPS) is 12.7. The fourth-order valence-electron chi connectivity index (χ4n) is 6.55. The zero-order valence-corrected chi connectivity index (χ0v) is 27.1. The predicted octanol–water partition coefficient (Wildman–Crippen LogP) is 10.4. The predicted molar refractivity (Wildman–Crippen MR) is 186 cm³/mol. The highest BCUT2D eigenvalue weighted by Gasteiger charge is 2.49. The van der Waals surface area contributed by atoms with E-state index in [9.17, 15) is 21.6 Å². The molecule has 0 aliphatic heterocycles. The highest BCUT2D eigenvalue weighted by atomic mass is 32.2. The van der Waals surface area contributed by atoms with Crippen molar-refractivity contribution in [1.82, 2.24) is 0 Å². The van der Waals surface area contributed by atoms with E-state index in [2.05, 4.69) is 24.3 Å². The van der Waals surface area contributed by atoms with Crippen molar-refractivity contribution >= 4 is 66.5 Å². The number of rotatable bonds is 5. The molecule has 0 aliphatic carbocycles. The van der Waals surface area contributed by atoms with E-state index >= 15 is 0 Å². The minimum Gasteiger partial charge on any atom is -0.376 e. The Bertz CT molecular complexity index is 2420. The van der Waals surface area contributed by atoms with Crippen LogP contribution in [0.2, 0.25) is 19.6 Å². The van der Waals surface area contributed by atoms with Gasteiger partial charge in [0.25, 0.3) is 0 Å². The Labute approximate surface area is 266 Å². The van der Waals surface area contributed by atoms with Gasteiger partial charge in [-0.3, -0.25) is 0 Å². The summed E-state index contributed by atoms with van der Waals surface area (Å²) in [7, 11) is -8.42. The van der Waals surface area contributed by atoms with Crippen molar-refractivity contribution in [1.29, 1.82) is 0 Å². The van der Waals surface area contributed by atoms with Gasteiger partial charge in [0.15, 0.2) is 0 Å². The second kappa shape index (κ2) is 10.7. The Morgan fingerprint density at radius 2 is 0.935 bits per heavy atom. The van der Waals surface area contributed by atoms with Crippen LogP contribution in [0, 0.1) is 0 Å². The maximum Gasteiger partial charge on any atom is 0.534 e. The first-order chi connectivity index (χ1) is 21.9. The van der Waals surface area contributed by atoms with Crippen molar-refractivity contribution < 1.29 is 25.8 Å². The zero-order chi connectivity index (χ0) is 32.4.